The molecule has 3 rings (SSSR count). The van der Waals surface area contributed by atoms with Gasteiger partial charge >= 0.3 is 0 Å². The summed E-state index contributed by atoms with van der Waals surface area (Å²) in [6.07, 6.45) is 4.03. The van der Waals surface area contributed by atoms with Gasteiger partial charge in [-0.1, -0.05) is 12.1 Å². The van der Waals surface area contributed by atoms with Crippen molar-refractivity contribution in [3.63, 3.8) is 0 Å². The van der Waals surface area contributed by atoms with Gasteiger partial charge in [-0.15, -0.1) is 0 Å². The smallest absolute Gasteiger partial charge is 0.221 e. The second-order valence-corrected chi connectivity index (χ2v) is 5.39. The molecule has 24 heavy (non-hydrogen) atoms. The molecular formula is C16H18N6O2. The Labute approximate surface area is 138 Å². The number of nitrogen functional groups attached to an aromatic ring is 1. The number of hydrogen-bond acceptors (Lipinski definition) is 6. The van der Waals surface area contributed by atoms with Crippen molar-refractivity contribution in [3.05, 3.63) is 42.5 Å². The van der Waals surface area contributed by atoms with E-state index in [0.717, 1.165) is 5.56 Å². The predicted molar refractivity (Wildman–Crippen MR) is 89.2 cm³/mol. The van der Waals surface area contributed by atoms with Crippen molar-refractivity contribution in [1.29, 1.82) is 0 Å². The summed E-state index contributed by atoms with van der Waals surface area (Å²) in [5, 5.41) is 12.1. The molecule has 2 heterocycles. The van der Waals surface area contributed by atoms with Crippen molar-refractivity contribution >= 4 is 22.9 Å². The van der Waals surface area contributed by atoms with E-state index in [-0.39, 0.29) is 11.7 Å². The number of nitrogens with one attached hydrogen (secondary N) is 1. The van der Waals surface area contributed by atoms with Gasteiger partial charge in [-0.2, -0.15) is 0 Å². The molecule has 0 unspecified atom stereocenters. The van der Waals surface area contributed by atoms with E-state index in [0.29, 0.717) is 42.9 Å². The molecule has 4 N–H and O–H groups in total. The maximum absolute atomic E-state index is 11.9. The monoisotopic (exact) mass is 326 g/mol. The van der Waals surface area contributed by atoms with Gasteiger partial charge in [0.2, 0.25) is 5.91 Å². The highest BCUT2D eigenvalue weighted by Gasteiger charge is 2.09. The number of rotatable bonds is 6. The predicted octanol–water partition coefficient (Wildman–Crippen LogP) is 0.863. The van der Waals surface area contributed by atoms with Crippen LogP contribution in [0.3, 0.4) is 0 Å². The van der Waals surface area contributed by atoms with Gasteiger partial charge in [0, 0.05) is 19.5 Å². The largest absolute Gasteiger partial charge is 0.508 e. The average molecular weight is 326 g/mol. The summed E-state index contributed by atoms with van der Waals surface area (Å²) in [4.78, 5) is 24.1. The Morgan fingerprint density at radius 1 is 1.21 bits per heavy atom. The van der Waals surface area contributed by atoms with E-state index in [1.807, 2.05) is 12.1 Å². The third-order valence-corrected chi connectivity index (χ3v) is 3.68. The number of nitrogens with zero attached hydrogens (tertiary/aromatic N) is 4. The molecule has 3 aromatic rings. The number of imidazole rings is 1. The highest BCUT2D eigenvalue weighted by molar-refractivity contribution is 5.81. The summed E-state index contributed by atoms with van der Waals surface area (Å²) in [6, 6.07) is 6.94. The summed E-state index contributed by atoms with van der Waals surface area (Å²) in [7, 11) is 0. The number of benzene rings is 1. The maximum Gasteiger partial charge on any atom is 0.221 e. The standard InChI is InChI=1S/C16H18N6O2/c17-15-14-16(20-9-19-15)22(10-21-14)8-6-13(24)18-7-5-11-1-3-12(23)4-2-11/h1-4,9-10,23H,5-8H2,(H,18,24)(H2,17,19,20). The Morgan fingerprint density at radius 3 is 2.79 bits per heavy atom. The first-order chi connectivity index (χ1) is 11.6. The Morgan fingerprint density at radius 2 is 2.00 bits per heavy atom. The quantitative estimate of drug-likeness (QED) is 0.618. The molecule has 1 aromatic carbocycles. The van der Waals surface area contributed by atoms with Crippen LogP contribution in [0.1, 0.15) is 12.0 Å². The molecule has 0 aliphatic rings. The molecule has 0 saturated carbocycles. The van der Waals surface area contributed by atoms with Gasteiger partial charge in [0.15, 0.2) is 11.5 Å². The average Bonchev–Trinajstić information content (AvgIpc) is 2.99. The lowest BCUT2D eigenvalue weighted by molar-refractivity contribution is -0.121. The van der Waals surface area contributed by atoms with Crippen molar-refractivity contribution in [3.8, 4) is 5.75 Å². The van der Waals surface area contributed by atoms with E-state index in [4.69, 9.17) is 5.73 Å². The summed E-state index contributed by atoms with van der Waals surface area (Å²) >= 11 is 0. The van der Waals surface area contributed by atoms with Crippen LogP contribution in [0.5, 0.6) is 5.75 Å². The van der Waals surface area contributed by atoms with Crippen LogP contribution in [0.4, 0.5) is 5.82 Å². The van der Waals surface area contributed by atoms with Crippen LogP contribution >= 0.6 is 0 Å². The lowest BCUT2D eigenvalue weighted by Gasteiger charge is -2.06. The van der Waals surface area contributed by atoms with Gasteiger partial charge in [-0.05, 0) is 24.1 Å². The second kappa shape index (κ2) is 6.95. The molecule has 0 atom stereocenters. The number of hydrogen-bond donors (Lipinski definition) is 3. The molecule has 0 aliphatic heterocycles. The molecular weight excluding hydrogens is 308 g/mol. The summed E-state index contributed by atoms with van der Waals surface area (Å²) < 4.78 is 1.78. The van der Waals surface area contributed by atoms with E-state index < -0.39 is 0 Å². The first kappa shape index (κ1) is 15.7. The Kier molecular flexibility index (Phi) is 4.55. The molecule has 0 fully saturated rings. The summed E-state index contributed by atoms with van der Waals surface area (Å²) in [6.45, 7) is 1.02. The second-order valence-electron chi connectivity index (χ2n) is 5.39. The zero-order chi connectivity index (χ0) is 16.9. The highest BCUT2D eigenvalue weighted by atomic mass is 16.3. The topological polar surface area (TPSA) is 119 Å². The number of carbonyl (C=O) groups is 1. The number of aromatic hydroxyl groups is 1. The number of phenolic OH excluding ortho intramolecular Hbond substituents is 1. The van der Waals surface area contributed by atoms with Crippen molar-refractivity contribution < 1.29 is 9.90 Å². The van der Waals surface area contributed by atoms with Crippen molar-refractivity contribution in [1.82, 2.24) is 24.8 Å². The SMILES string of the molecule is Nc1ncnc2c1ncn2CCC(=O)NCCc1ccc(O)cc1. The van der Waals surface area contributed by atoms with Gasteiger partial charge in [0.05, 0.1) is 6.33 Å². The van der Waals surface area contributed by atoms with Gasteiger partial charge in [0.25, 0.3) is 0 Å². The van der Waals surface area contributed by atoms with Crippen LogP contribution in [0, 0.1) is 0 Å². The van der Waals surface area contributed by atoms with Gasteiger partial charge in [-0.25, -0.2) is 15.0 Å². The van der Waals surface area contributed by atoms with Gasteiger partial charge < -0.3 is 20.7 Å². The van der Waals surface area contributed by atoms with Crippen LogP contribution in [0.2, 0.25) is 0 Å². The summed E-state index contributed by atoms with van der Waals surface area (Å²) in [5.41, 5.74) is 7.96. The Hall–Kier alpha value is -3.16. The van der Waals surface area contributed by atoms with E-state index in [9.17, 15) is 9.90 Å². The molecule has 0 radical (unpaired) electrons. The number of amides is 1. The van der Waals surface area contributed by atoms with Gasteiger partial charge in [0.1, 0.15) is 17.6 Å². The molecule has 0 aliphatic carbocycles. The fourth-order valence-electron chi connectivity index (χ4n) is 2.38. The molecule has 0 saturated heterocycles. The minimum atomic E-state index is -0.0438. The third-order valence-electron chi connectivity index (χ3n) is 3.68. The number of aromatic nitrogens is 4. The molecule has 124 valence electrons. The molecule has 8 nitrogen and oxygen atoms in total. The van der Waals surface area contributed by atoms with Crippen LogP contribution < -0.4 is 11.1 Å². The maximum atomic E-state index is 11.9. The number of aryl methyl sites for hydroxylation is 1. The normalized spacial score (nSPS) is 10.8. The van der Waals surface area contributed by atoms with E-state index in [1.165, 1.54) is 6.33 Å². The number of anilines is 1. The number of fused-ring (bicyclic) bond motifs is 1. The fraction of sp³-hybridized carbons (Fsp3) is 0.250. The van der Waals surface area contributed by atoms with Crippen LogP contribution in [0.25, 0.3) is 11.2 Å². The highest BCUT2D eigenvalue weighted by Crippen LogP contribution is 2.14. The fourth-order valence-corrected chi connectivity index (χ4v) is 2.38. The van der Waals surface area contributed by atoms with Crippen molar-refractivity contribution in [2.75, 3.05) is 12.3 Å². The van der Waals surface area contributed by atoms with Crippen molar-refractivity contribution in [2.24, 2.45) is 0 Å². The lowest BCUT2D eigenvalue weighted by atomic mass is 10.1. The van der Waals surface area contributed by atoms with Crippen LogP contribution in [0.15, 0.2) is 36.9 Å². The van der Waals surface area contributed by atoms with Crippen molar-refractivity contribution in [2.45, 2.75) is 19.4 Å². The molecule has 2 aromatic heterocycles. The Balaban J connectivity index is 1.48. The molecule has 1 amide bonds. The summed E-state index contributed by atoms with van der Waals surface area (Å²) in [5.74, 6) is 0.523. The van der Waals surface area contributed by atoms with E-state index >= 15 is 0 Å². The number of nitrogens with two attached hydrogens (primary N) is 1. The number of carbonyl (C=O) groups excluding carboxylic acids is 1. The molecule has 8 heteroatoms. The van der Waals surface area contributed by atoms with Crippen LogP contribution in [-0.2, 0) is 17.8 Å². The first-order valence-corrected chi connectivity index (χ1v) is 7.59. The molecule has 0 bridgehead atoms. The zero-order valence-corrected chi connectivity index (χ0v) is 13.0. The van der Waals surface area contributed by atoms with E-state index in [2.05, 4.69) is 20.3 Å². The number of phenols is 1. The van der Waals surface area contributed by atoms with Gasteiger partial charge in [-0.3, -0.25) is 4.79 Å². The minimum Gasteiger partial charge on any atom is -0.508 e. The molecule has 0 spiro atoms. The van der Waals surface area contributed by atoms with E-state index in [1.54, 1.807) is 23.0 Å². The van der Waals surface area contributed by atoms with Crippen LogP contribution in [-0.4, -0.2) is 37.1 Å². The Bertz CT molecular complexity index is 843. The minimum absolute atomic E-state index is 0.0438. The third kappa shape index (κ3) is 3.60. The zero-order valence-electron chi connectivity index (χ0n) is 13.0. The lowest BCUT2D eigenvalue weighted by Crippen LogP contribution is -2.26. The first-order valence-electron chi connectivity index (χ1n) is 7.59.